The molecule has 3 nitrogen and oxygen atoms in total. The lowest BCUT2D eigenvalue weighted by Crippen LogP contribution is -2.11. The Balaban J connectivity index is 1.83. The van der Waals surface area contributed by atoms with Gasteiger partial charge in [-0.3, -0.25) is 4.79 Å². The second-order valence-corrected chi connectivity index (χ2v) is 8.61. The molecule has 0 saturated heterocycles. The van der Waals surface area contributed by atoms with Crippen molar-refractivity contribution in [1.82, 2.24) is 0 Å². The molecule has 1 heterocycles. The summed E-state index contributed by atoms with van der Waals surface area (Å²) < 4.78 is 11.8. The monoisotopic (exact) mass is 398 g/mol. The Morgan fingerprint density at radius 2 is 1.40 bits per heavy atom. The SMILES string of the molecule is CC(=O)OC(=CC1c2ccccc2Oc2ccccc21)c1ccc(C(C)(C)C)cc1. The largest absolute Gasteiger partial charge is 0.457 e. The van der Waals surface area contributed by atoms with E-state index in [1.54, 1.807) is 0 Å². The Morgan fingerprint density at radius 3 is 1.90 bits per heavy atom. The number of hydrogen-bond donors (Lipinski definition) is 0. The predicted octanol–water partition coefficient (Wildman–Crippen LogP) is 6.83. The number of ether oxygens (including phenoxy) is 2. The Morgan fingerprint density at radius 1 is 0.867 bits per heavy atom. The molecule has 30 heavy (non-hydrogen) atoms. The number of rotatable bonds is 3. The first-order valence-corrected chi connectivity index (χ1v) is 10.2. The van der Waals surface area contributed by atoms with Gasteiger partial charge in [0, 0.05) is 29.5 Å². The van der Waals surface area contributed by atoms with Gasteiger partial charge in [-0.25, -0.2) is 0 Å². The van der Waals surface area contributed by atoms with E-state index in [1.807, 2.05) is 54.6 Å². The number of para-hydroxylation sites is 2. The van der Waals surface area contributed by atoms with Crippen molar-refractivity contribution in [2.45, 2.75) is 39.0 Å². The highest BCUT2D eigenvalue weighted by molar-refractivity contribution is 5.77. The number of benzene rings is 3. The molecule has 0 atom stereocenters. The Kier molecular flexibility index (Phi) is 5.21. The fraction of sp³-hybridized carbons (Fsp3) is 0.222. The summed E-state index contributed by atoms with van der Waals surface area (Å²) in [5.74, 6) is 1.78. The zero-order chi connectivity index (χ0) is 21.3. The summed E-state index contributed by atoms with van der Waals surface area (Å²) in [5.41, 5.74) is 4.26. The zero-order valence-corrected chi connectivity index (χ0v) is 17.8. The van der Waals surface area contributed by atoms with Crippen LogP contribution in [0, 0.1) is 0 Å². The van der Waals surface area contributed by atoms with Gasteiger partial charge >= 0.3 is 5.97 Å². The molecule has 0 saturated carbocycles. The van der Waals surface area contributed by atoms with E-state index in [0.29, 0.717) is 5.76 Å². The van der Waals surface area contributed by atoms with E-state index in [0.717, 1.165) is 28.2 Å². The van der Waals surface area contributed by atoms with E-state index in [-0.39, 0.29) is 17.3 Å². The van der Waals surface area contributed by atoms with Gasteiger partial charge in [0.05, 0.1) is 0 Å². The van der Waals surface area contributed by atoms with Crippen LogP contribution in [0.5, 0.6) is 11.5 Å². The third-order valence-corrected chi connectivity index (χ3v) is 5.34. The molecule has 3 aromatic carbocycles. The lowest BCUT2D eigenvalue weighted by molar-refractivity contribution is -0.134. The molecule has 3 heteroatoms. The van der Waals surface area contributed by atoms with Crippen LogP contribution in [-0.2, 0) is 14.9 Å². The predicted molar refractivity (Wildman–Crippen MR) is 120 cm³/mol. The molecule has 0 unspecified atom stereocenters. The summed E-state index contributed by atoms with van der Waals surface area (Å²) in [5, 5.41) is 0. The van der Waals surface area contributed by atoms with Crippen molar-refractivity contribution in [3.05, 3.63) is 101 Å². The van der Waals surface area contributed by atoms with Gasteiger partial charge < -0.3 is 9.47 Å². The minimum atomic E-state index is -0.338. The van der Waals surface area contributed by atoms with Crippen LogP contribution in [0.2, 0.25) is 0 Å². The van der Waals surface area contributed by atoms with E-state index in [1.165, 1.54) is 12.5 Å². The number of hydrogen-bond acceptors (Lipinski definition) is 3. The molecule has 0 N–H and O–H groups in total. The molecule has 152 valence electrons. The molecule has 0 aromatic heterocycles. The van der Waals surface area contributed by atoms with Crippen LogP contribution in [0.1, 0.15) is 55.9 Å². The molecule has 3 aromatic rings. The second kappa shape index (κ2) is 7.83. The molecule has 4 rings (SSSR count). The molecule has 1 aliphatic heterocycles. The number of carbonyl (C=O) groups is 1. The van der Waals surface area contributed by atoms with Crippen molar-refractivity contribution < 1.29 is 14.3 Å². The summed E-state index contributed by atoms with van der Waals surface area (Å²) in [4.78, 5) is 11.9. The van der Waals surface area contributed by atoms with Crippen LogP contribution >= 0.6 is 0 Å². The molecule has 0 spiro atoms. The molecular weight excluding hydrogens is 372 g/mol. The molecule has 0 radical (unpaired) electrons. The van der Waals surface area contributed by atoms with Crippen molar-refractivity contribution in [1.29, 1.82) is 0 Å². The highest BCUT2D eigenvalue weighted by atomic mass is 16.5. The maximum atomic E-state index is 11.9. The highest BCUT2D eigenvalue weighted by Crippen LogP contribution is 2.45. The quantitative estimate of drug-likeness (QED) is 0.358. The molecule has 1 aliphatic rings. The Bertz CT molecular complexity index is 1060. The summed E-state index contributed by atoms with van der Waals surface area (Å²) >= 11 is 0. The van der Waals surface area contributed by atoms with Gasteiger partial charge in [0.25, 0.3) is 0 Å². The third kappa shape index (κ3) is 4.02. The van der Waals surface area contributed by atoms with Crippen LogP contribution in [0.3, 0.4) is 0 Å². The van der Waals surface area contributed by atoms with Gasteiger partial charge in [-0.2, -0.15) is 0 Å². The molecule has 0 bridgehead atoms. The molecule has 0 amide bonds. The standard InChI is InChI=1S/C27H26O3/c1-18(28)29-26(19-13-15-20(16-14-19)27(2,3)4)17-23-21-9-5-7-11-24(21)30-25-12-8-6-10-22(23)25/h5-17,23H,1-4H3. The first-order valence-electron chi connectivity index (χ1n) is 10.2. The third-order valence-electron chi connectivity index (χ3n) is 5.34. The fourth-order valence-corrected chi connectivity index (χ4v) is 3.76. The number of allylic oxidation sites excluding steroid dienone is 1. The van der Waals surface area contributed by atoms with Crippen LogP contribution in [-0.4, -0.2) is 5.97 Å². The van der Waals surface area contributed by atoms with Crippen molar-refractivity contribution in [3.8, 4) is 11.5 Å². The maximum Gasteiger partial charge on any atom is 0.308 e. The fourth-order valence-electron chi connectivity index (χ4n) is 3.76. The minimum absolute atomic E-state index is 0.0580. The van der Waals surface area contributed by atoms with Gasteiger partial charge in [-0.1, -0.05) is 81.4 Å². The Labute approximate surface area is 178 Å². The lowest BCUT2D eigenvalue weighted by Gasteiger charge is -2.27. The second-order valence-electron chi connectivity index (χ2n) is 8.61. The van der Waals surface area contributed by atoms with E-state index < -0.39 is 0 Å². The van der Waals surface area contributed by atoms with Crippen molar-refractivity contribution in [3.63, 3.8) is 0 Å². The highest BCUT2D eigenvalue weighted by Gasteiger charge is 2.26. The molecular formula is C27H26O3. The number of fused-ring (bicyclic) bond motifs is 2. The summed E-state index contributed by atoms with van der Waals surface area (Å²) in [6, 6.07) is 24.2. The van der Waals surface area contributed by atoms with Gasteiger partial charge in [-0.05, 0) is 29.2 Å². The maximum absolute atomic E-state index is 11.9. The minimum Gasteiger partial charge on any atom is -0.457 e. The lowest BCUT2D eigenvalue weighted by atomic mass is 9.85. The van der Waals surface area contributed by atoms with Gasteiger partial charge in [0.1, 0.15) is 17.3 Å². The van der Waals surface area contributed by atoms with E-state index in [9.17, 15) is 4.79 Å². The van der Waals surface area contributed by atoms with E-state index in [2.05, 4.69) is 45.0 Å². The normalized spacial score (nSPS) is 13.8. The van der Waals surface area contributed by atoms with E-state index >= 15 is 0 Å². The van der Waals surface area contributed by atoms with E-state index in [4.69, 9.17) is 9.47 Å². The zero-order valence-electron chi connectivity index (χ0n) is 17.8. The topological polar surface area (TPSA) is 35.5 Å². The first kappa shape index (κ1) is 20.0. The molecule has 0 aliphatic carbocycles. The summed E-state index contributed by atoms with van der Waals surface area (Å²) in [6.45, 7) is 7.98. The van der Waals surface area contributed by atoms with Crippen LogP contribution in [0.15, 0.2) is 78.9 Å². The number of carbonyl (C=O) groups excluding carboxylic acids is 1. The summed E-state index contributed by atoms with van der Waals surface area (Å²) in [7, 11) is 0. The number of esters is 1. The van der Waals surface area contributed by atoms with Crippen LogP contribution in [0.25, 0.3) is 5.76 Å². The summed E-state index contributed by atoms with van der Waals surface area (Å²) in [6.07, 6.45) is 2.02. The molecule has 0 fully saturated rings. The average molecular weight is 399 g/mol. The van der Waals surface area contributed by atoms with Gasteiger partial charge in [0.15, 0.2) is 0 Å². The first-order chi connectivity index (χ1) is 14.3. The van der Waals surface area contributed by atoms with Gasteiger partial charge in [-0.15, -0.1) is 0 Å². The van der Waals surface area contributed by atoms with Crippen LogP contribution in [0.4, 0.5) is 0 Å². The van der Waals surface area contributed by atoms with Crippen LogP contribution < -0.4 is 4.74 Å². The van der Waals surface area contributed by atoms with Crippen molar-refractivity contribution >= 4 is 11.7 Å². The van der Waals surface area contributed by atoms with Crippen molar-refractivity contribution in [2.75, 3.05) is 0 Å². The average Bonchev–Trinajstić information content (AvgIpc) is 2.72. The Hall–Kier alpha value is -3.33. The van der Waals surface area contributed by atoms with Gasteiger partial charge in [0.2, 0.25) is 0 Å². The van der Waals surface area contributed by atoms with Crippen molar-refractivity contribution in [2.24, 2.45) is 0 Å². The smallest absolute Gasteiger partial charge is 0.308 e.